The van der Waals surface area contributed by atoms with Crippen molar-refractivity contribution in [3.05, 3.63) is 53.5 Å². The molecular weight excluding hydrogens is 565 g/mol. The van der Waals surface area contributed by atoms with Gasteiger partial charge in [-0.3, -0.25) is 4.79 Å². The molecule has 43 heavy (non-hydrogen) atoms. The third-order valence-electron chi connectivity index (χ3n) is 7.24. The number of anilines is 1. The molecule has 2 N–H and O–H groups in total. The van der Waals surface area contributed by atoms with Gasteiger partial charge < -0.3 is 33.9 Å². The van der Waals surface area contributed by atoms with Crippen LogP contribution in [-0.2, 0) is 32.6 Å². The highest BCUT2D eigenvalue weighted by atomic mass is 19.3. The molecule has 1 aliphatic heterocycles. The number of aromatic nitrogens is 1. The average Bonchev–Trinajstić information content (AvgIpc) is 3.44. The van der Waals surface area contributed by atoms with E-state index in [1.165, 1.54) is 24.3 Å². The Bertz CT molecular complexity index is 1410. The number of unbranched alkanes of at least 4 members (excludes halogenated alkanes) is 2. The van der Waals surface area contributed by atoms with E-state index in [1.54, 1.807) is 6.07 Å². The zero-order chi connectivity index (χ0) is 31.2. The van der Waals surface area contributed by atoms with E-state index in [0.29, 0.717) is 36.3 Å². The number of hydrogen-bond donors (Lipinski definition) is 2. The maximum atomic E-state index is 15.4. The molecule has 3 aromatic rings. The van der Waals surface area contributed by atoms with Crippen molar-refractivity contribution in [1.29, 1.82) is 0 Å². The van der Waals surface area contributed by atoms with Crippen molar-refractivity contribution in [3.63, 3.8) is 0 Å². The topological polar surface area (TPSA) is 91.2 Å². The van der Waals surface area contributed by atoms with Crippen LogP contribution in [0.3, 0.4) is 0 Å². The van der Waals surface area contributed by atoms with Crippen molar-refractivity contribution in [3.8, 4) is 11.5 Å². The largest absolute Gasteiger partial charge is 0.586 e. The third kappa shape index (κ3) is 8.43. The predicted molar refractivity (Wildman–Crippen MR) is 157 cm³/mol. The van der Waals surface area contributed by atoms with Gasteiger partial charge in [0.25, 0.3) is 0 Å². The lowest BCUT2D eigenvalue weighted by Crippen LogP contribution is -2.31. The van der Waals surface area contributed by atoms with Gasteiger partial charge in [-0.1, -0.05) is 46.6 Å². The smallest absolute Gasteiger partial charge is 0.395 e. The van der Waals surface area contributed by atoms with Crippen LogP contribution in [0.4, 0.5) is 18.9 Å². The van der Waals surface area contributed by atoms with Crippen LogP contribution in [-0.4, -0.2) is 54.4 Å². The van der Waals surface area contributed by atoms with Crippen molar-refractivity contribution in [2.75, 3.05) is 31.7 Å². The Morgan fingerprint density at radius 1 is 1.05 bits per heavy atom. The highest BCUT2D eigenvalue weighted by Crippen LogP contribution is 2.41. The fourth-order valence-electron chi connectivity index (χ4n) is 5.00. The molecule has 0 radical (unpaired) electrons. The number of hydrogen-bond acceptors (Lipinski definition) is 6. The highest BCUT2D eigenvalue weighted by Gasteiger charge is 2.43. The number of aliphatic hydroxyl groups excluding tert-OH is 1. The van der Waals surface area contributed by atoms with Gasteiger partial charge in [-0.2, -0.15) is 0 Å². The zero-order valence-corrected chi connectivity index (χ0v) is 25.2. The molecule has 0 unspecified atom stereocenters. The van der Waals surface area contributed by atoms with Gasteiger partial charge in [0.2, 0.25) is 5.91 Å². The van der Waals surface area contributed by atoms with E-state index in [-0.39, 0.29) is 36.8 Å². The van der Waals surface area contributed by atoms with Crippen LogP contribution < -0.4 is 14.8 Å². The molecule has 236 valence electrons. The Morgan fingerprint density at radius 3 is 2.47 bits per heavy atom. The minimum atomic E-state index is -3.76. The molecule has 0 spiro atoms. The minimum absolute atomic E-state index is 0.0195. The Labute approximate surface area is 250 Å². The third-order valence-corrected chi connectivity index (χ3v) is 7.24. The van der Waals surface area contributed by atoms with E-state index < -0.39 is 29.5 Å². The molecule has 0 saturated heterocycles. The maximum Gasteiger partial charge on any atom is 0.586 e. The van der Waals surface area contributed by atoms with Crippen LogP contribution in [0.5, 0.6) is 11.5 Å². The van der Waals surface area contributed by atoms with Crippen molar-refractivity contribution >= 4 is 22.5 Å². The summed E-state index contributed by atoms with van der Waals surface area (Å²) in [5.41, 5.74) is 1.33. The van der Waals surface area contributed by atoms with E-state index in [4.69, 9.17) is 9.47 Å². The van der Waals surface area contributed by atoms with E-state index in [9.17, 15) is 18.7 Å². The van der Waals surface area contributed by atoms with Gasteiger partial charge in [0, 0.05) is 35.8 Å². The second-order valence-corrected chi connectivity index (χ2v) is 11.6. The van der Waals surface area contributed by atoms with Crippen LogP contribution in [0.25, 0.3) is 10.9 Å². The summed E-state index contributed by atoms with van der Waals surface area (Å²) in [4.78, 5) is 12.8. The number of amides is 1. The van der Waals surface area contributed by atoms with Crippen molar-refractivity contribution < 1.29 is 42.0 Å². The van der Waals surface area contributed by atoms with Crippen LogP contribution in [0.2, 0.25) is 0 Å². The monoisotopic (exact) mass is 606 g/mol. The molecule has 2 aromatic carbocycles. The molecule has 1 aliphatic rings. The van der Waals surface area contributed by atoms with Crippen LogP contribution in [0.1, 0.15) is 64.6 Å². The molecule has 2 heterocycles. The first-order chi connectivity index (χ1) is 20.4. The summed E-state index contributed by atoms with van der Waals surface area (Å²) in [7, 11) is 0. The van der Waals surface area contributed by atoms with E-state index in [2.05, 4.69) is 28.6 Å². The number of rotatable bonds is 16. The molecule has 0 aliphatic carbocycles. The van der Waals surface area contributed by atoms with E-state index in [0.717, 1.165) is 31.4 Å². The first-order valence-corrected chi connectivity index (χ1v) is 14.8. The minimum Gasteiger partial charge on any atom is -0.395 e. The molecular formula is C32H41F3N2O6. The number of nitrogens with zero attached hydrogens (tertiary/aromatic N) is 1. The summed E-state index contributed by atoms with van der Waals surface area (Å²) in [6, 6.07) is 8.89. The fourth-order valence-corrected chi connectivity index (χ4v) is 5.00. The van der Waals surface area contributed by atoms with Gasteiger partial charge in [-0.15, -0.1) is 8.78 Å². The lowest BCUT2D eigenvalue weighted by Gasteiger charge is -2.28. The number of ether oxygens (including phenoxy) is 4. The van der Waals surface area contributed by atoms with Gasteiger partial charge in [0.15, 0.2) is 11.5 Å². The summed E-state index contributed by atoms with van der Waals surface area (Å²) in [6.45, 7) is 10.2. The van der Waals surface area contributed by atoms with E-state index in [1.807, 2.05) is 24.5 Å². The van der Waals surface area contributed by atoms with Crippen LogP contribution in [0.15, 0.2) is 36.4 Å². The van der Waals surface area contributed by atoms with Gasteiger partial charge in [0.05, 0.1) is 43.5 Å². The second-order valence-electron chi connectivity index (χ2n) is 11.6. The van der Waals surface area contributed by atoms with Crippen molar-refractivity contribution in [1.82, 2.24) is 4.57 Å². The average molecular weight is 607 g/mol. The molecule has 0 bridgehead atoms. The standard InChI is InChI=1S/C32H41F3N2O6/c1-5-7-11-40-19-23(38)18-37-26-17-24(33)25(15-22(26)16-29(37)31(3,4)20-41-12-8-6-2)36-30(39)14-21-9-10-27-28(13-21)43-32(34,35)42-27/h9-10,13,15-17,23,38H,5-8,11-12,14,18-20H2,1-4H3,(H,36,39)/t23-/m1/s1. The second kappa shape index (κ2) is 14.0. The molecule has 1 amide bonds. The number of benzene rings is 2. The lowest BCUT2D eigenvalue weighted by atomic mass is 9.90. The summed E-state index contributed by atoms with van der Waals surface area (Å²) in [5.74, 6) is -1.48. The number of halogens is 3. The molecule has 11 heteroatoms. The number of alkyl halides is 2. The number of carbonyl (C=O) groups excluding carboxylic acids is 1. The fraction of sp³-hybridized carbons (Fsp3) is 0.531. The first kappa shape index (κ1) is 32.6. The summed E-state index contributed by atoms with van der Waals surface area (Å²) >= 11 is 0. The lowest BCUT2D eigenvalue weighted by molar-refractivity contribution is -0.286. The van der Waals surface area contributed by atoms with Crippen LogP contribution in [0, 0.1) is 5.82 Å². The quantitative estimate of drug-likeness (QED) is 0.180. The van der Waals surface area contributed by atoms with Gasteiger partial charge in [-0.05, 0) is 42.7 Å². The molecule has 0 fully saturated rings. The summed E-state index contributed by atoms with van der Waals surface area (Å²) in [5, 5.41) is 14.1. The van der Waals surface area contributed by atoms with E-state index >= 15 is 4.39 Å². The number of aliphatic hydroxyl groups is 1. The van der Waals surface area contributed by atoms with Gasteiger partial charge in [-0.25, -0.2) is 4.39 Å². The molecule has 4 rings (SSSR count). The maximum absolute atomic E-state index is 15.4. The Morgan fingerprint density at radius 2 is 1.74 bits per heavy atom. The Balaban J connectivity index is 1.56. The molecule has 1 atom stereocenters. The number of fused-ring (bicyclic) bond motifs is 2. The predicted octanol–water partition coefficient (Wildman–Crippen LogP) is 6.56. The zero-order valence-electron chi connectivity index (χ0n) is 25.2. The number of nitrogens with one attached hydrogen (secondary N) is 1. The molecule has 8 nitrogen and oxygen atoms in total. The van der Waals surface area contributed by atoms with Gasteiger partial charge in [0.1, 0.15) is 5.82 Å². The first-order valence-electron chi connectivity index (χ1n) is 14.8. The Hall–Kier alpha value is -3.28. The Kier molecular flexibility index (Phi) is 10.6. The van der Waals surface area contributed by atoms with Crippen molar-refractivity contribution in [2.45, 2.75) is 84.2 Å². The van der Waals surface area contributed by atoms with Gasteiger partial charge >= 0.3 is 6.29 Å². The summed E-state index contributed by atoms with van der Waals surface area (Å²) < 4.78 is 64.4. The highest BCUT2D eigenvalue weighted by molar-refractivity contribution is 5.95. The van der Waals surface area contributed by atoms with Crippen LogP contribution >= 0.6 is 0 Å². The summed E-state index contributed by atoms with van der Waals surface area (Å²) in [6.07, 6.45) is -0.918. The molecule has 0 saturated carbocycles. The normalized spacial score (nSPS) is 14.8. The number of carbonyl (C=O) groups is 1. The van der Waals surface area contributed by atoms with Crippen molar-refractivity contribution in [2.24, 2.45) is 0 Å². The molecule has 1 aromatic heterocycles. The SMILES string of the molecule is CCCCOC[C@H](O)Cn1c(C(C)(C)COCCCC)cc2cc(NC(=O)Cc3ccc4c(c3)OC(F)(F)O4)c(F)cc21.